The largest absolute Gasteiger partial charge is 0.385 e. The number of hydrogen-bond donors (Lipinski definition) is 1. The van der Waals surface area contributed by atoms with E-state index in [0.29, 0.717) is 18.8 Å². The number of Topliss-reactive ketones (excluding diaryl/α,β-unsaturated/α-hetero) is 1. The van der Waals surface area contributed by atoms with Gasteiger partial charge < -0.3 is 5.11 Å². The van der Waals surface area contributed by atoms with Crippen LogP contribution in [0.15, 0.2) is 0 Å². The minimum absolute atomic E-state index is 0.0128. The van der Waals surface area contributed by atoms with Gasteiger partial charge in [-0.05, 0) is 18.8 Å². The average Bonchev–Trinajstić information content (AvgIpc) is 1.86. The molecule has 0 spiro atoms. The quantitative estimate of drug-likeness (QED) is 0.662. The first-order valence-electron chi connectivity index (χ1n) is 4.28. The van der Waals surface area contributed by atoms with Gasteiger partial charge in [0, 0.05) is 6.42 Å². The topological polar surface area (TPSA) is 37.3 Å². The molecule has 2 heteroatoms. The number of aliphatic hydroxyl groups excluding tert-OH is 1. The summed E-state index contributed by atoms with van der Waals surface area (Å²) in [5.41, 5.74) is 0. The van der Waals surface area contributed by atoms with E-state index < -0.39 is 6.10 Å². The maximum atomic E-state index is 11.0. The van der Waals surface area contributed by atoms with E-state index in [1.54, 1.807) is 0 Å². The molecule has 0 aromatic heterocycles. The SMILES string of the molecule is CCCC(=O)C(O)CC(C)C. The summed E-state index contributed by atoms with van der Waals surface area (Å²) in [6.07, 6.45) is 1.20. The first kappa shape index (κ1) is 10.6. The average molecular weight is 158 g/mol. The summed E-state index contributed by atoms with van der Waals surface area (Å²) in [4.78, 5) is 11.0. The summed E-state index contributed by atoms with van der Waals surface area (Å²) >= 11 is 0. The van der Waals surface area contributed by atoms with Crippen LogP contribution in [0.25, 0.3) is 0 Å². The molecule has 0 amide bonds. The number of carbonyl (C=O) groups is 1. The zero-order valence-electron chi connectivity index (χ0n) is 7.63. The minimum Gasteiger partial charge on any atom is -0.385 e. The molecular formula is C9H18O2. The van der Waals surface area contributed by atoms with E-state index in [4.69, 9.17) is 0 Å². The predicted molar refractivity (Wildman–Crippen MR) is 45.4 cm³/mol. The molecule has 0 rings (SSSR count). The highest BCUT2D eigenvalue weighted by atomic mass is 16.3. The standard InChI is InChI=1S/C9H18O2/c1-4-5-8(10)9(11)6-7(2)3/h7,9,11H,4-6H2,1-3H3. The van der Waals surface area contributed by atoms with Crippen molar-refractivity contribution in [2.45, 2.75) is 46.1 Å². The molecule has 1 N–H and O–H groups in total. The Morgan fingerprint density at radius 2 is 2.00 bits per heavy atom. The van der Waals surface area contributed by atoms with Gasteiger partial charge >= 0.3 is 0 Å². The van der Waals surface area contributed by atoms with Crippen LogP contribution in [-0.4, -0.2) is 17.0 Å². The fourth-order valence-corrected chi connectivity index (χ4v) is 0.991. The summed E-state index contributed by atoms with van der Waals surface area (Å²) in [5.74, 6) is 0.381. The van der Waals surface area contributed by atoms with Crippen molar-refractivity contribution in [3.8, 4) is 0 Å². The van der Waals surface area contributed by atoms with Gasteiger partial charge in [0.1, 0.15) is 6.10 Å². The molecule has 0 aromatic rings. The summed E-state index contributed by atoms with van der Waals surface area (Å²) in [6.45, 7) is 5.95. The van der Waals surface area contributed by atoms with Crippen molar-refractivity contribution in [3.63, 3.8) is 0 Å². The smallest absolute Gasteiger partial charge is 0.161 e. The number of ketones is 1. The molecule has 0 aromatic carbocycles. The van der Waals surface area contributed by atoms with Gasteiger partial charge in [0.25, 0.3) is 0 Å². The van der Waals surface area contributed by atoms with E-state index in [9.17, 15) is 9.90 Å². The Kier molecular flexibility index (Phi) is 5.12. The zero-order chi connectivity index (χ0) is 8.85. The third kappa shape index (κ3) is 4.96. The van der Waals surface area contributed by atoms with Crippen LogP contribution in [0.3, 0.4) is 0 Å². The van der Waals surface area contributed by atoms with Crippen LogP contribution in [-0.2, 0) is 4.79 Å². The van der Waals surface area contributed by atoms with Crippen LogP contribution in [0.4, 0.5) is 0 Å². The first-order valence-corrected chi connectivity index (χ1v) is 4.28. The van der Waals surface area contributed by atoms with E-state index >= 15 is 0 Å². The molecule has 0 aliphatic carbocycles. The molecule has 0 saturated carbocycles. The van der Waals surface area contributed by atoms with Crippen LogP contribution in [0.1, 0.15) is 40.0 Å². The van der Waals surface area contributed by atoms with Gasteiger partial charge in [-0.25, -0.2) is 0 Å². The van der Waals surface area contributed by atoms with Gasteiger partial charge in [-0.15, -0.1) is 0 Å². The number of carbonyl (C=O) groups excluding carboxylic acids is 1. The summed E-state index contributed by atoms with van der Waals surface area (Å²) in [6, 6.07) is 0. The monoisotopic (exact) mass is 158 g/mol. The molecule has 0 fully saturated rings. The van der Waals surface area contributed by atoms with Gasteiger partial charge in [-0.3, -0.25) is 4.79 Å². The number of aliphatic hydroxyl groups is 1. The highest BCUT2D eigenvalue weighted by molar-refractivity contribution is 5.82. The molecule has 0 saturated heterocycles. The second kappa shape index (κ2) is 5.30. The van der Waals surface area contributed by atoms with Crippen LogP contribution < -0.4 is 0 Å². The molecule has 66 valence electrons. The second-order valence-electron chi connectivity index (χ2n) is 3.36. The Balaban J connectivity index is 3.64. The van der Waals surface area contributed by atoms with Crippen molar-refractivity contribution >= 4 is 5.78 Å². The molecule has 0 aliphatic rings. The van der Waals surface area contributed by atoms with Crippen molar-refractivity contribution in [2.75, 3.05) is 0 Å². The number of hydrogen-bond acceptors (Lipinski definition) is 2. The lowest BCUT2D eigenvalue weighted by molar-refractivity contribution is -0.127. The summed E-state index contributed by atoms with van der Waals surface area (Å²) < 4.78 is 0. The van der Waals surface area contributed by atoms with Gasteiger partial charge in [-0.1, -0.05) is 20.8 Å². The van der Waals surface area contributed by atoms with E-state index in [1.165, 1.54) is 0 Å². The van der Waals surface area contributed by atoms with Crippen molar-refractivity contribution in [2.24, 2.45) is 5.92 Å². The maximum Gasteiger partial charge on any atom is 0.161 e. The Labute approximate surface area is 68.6 Å². The van der Waals surface area contributed by atoms with Crippen molar-refractivity contribution in [3.05, 3.63) is 0 Å². The lowest BCUT2D eigenvalue weighted by Crippen LogP contribution is -2.21. The summed E-state index contributed by atoms with van der Waals surface area (Å²) in [7, 11) is 0. The van der Waals surface area contributed by atoms with E-state index in [-0.39, 0.29) is 5.78 Å². The summed E-state index contributed by atoms with van der Waals surface area (Å²) in [5, 5.41) is 9.27. The molecule has 0 aliphatic heterocycles. The van der Waals surface area contributed by atoms with Crippen LogP contribution in [0.2, 0.25) is 0 Å². The van der Waals surface area contributed by atoms with Gasteiger partial charge in [0.15, 0.2) is 5.78 Å². The Morgan fingerprint density at radius 1 is 1.45 bits per heavy atom. The molecule has 2 nitrogen and oxygen atoms in total. The third-order valence-electron chi connectivity index (χ3n) is 1.56. The van der Waals surface area contributed by atoms with Gasteiger partial charge in [0.05, 0.1) is 0 Å². The first-order chi connectivity index (χ1) is 5.07. The normalized spacial score (nSPS) is 13.5. The fraction of sp³-hybridized carbons (Fsp3) is 0.889. The van der Waals surface area contributed by atoms with E-state index in [0.717, 1.165) is 6.42 Å². The highest BCUT2D eigenvalue weighted by Crippen LogP contribution is 2.07. The lowest BCUT2D eigenvalue weighted by atomic mass is 10.0. The van der Waals surface area contributed by atoms with Crippen molar-refractivity contribution in [1.82, 2.24) is 0 Å². The maximum absolute atomic E-state index is 11.0. The van der Waals surface area contributed by atoms with E-state index in [2.05, 4.69) is 0 Å². The van der Waals surface area contributed by atoms with Crippen LogP contribution in [0, 0.1) is 5.92 Å². The van der Waals surface area contributed by atoms with Crippen molar-refractivity contribution < 1.29 is 9.90 Å². The van der Waals surface area contributed by atoms with E-state index in [1.807, 2.05) is 20.8 Å². The molecule has 1 atom stereocenters. The van der Waals surface area contributed by atoms with Gasteiger partial charge in [0.2, 0.25) is 0 Å². The third-order valence-corrected chi connectivity index (χ3v) is 1.56. The zero-order valence-corrected chi connectivity index (χ0v) is 7.63. The molecule has 0 bridgehead atoms. The van der Waals surface area contributed by atoms with Crippen LogP contribution in [0.5, 0.6) is 0 Å². The van der Waals surface area contributed by atoms with Gasteiger partial charge in [-0.2, -0.15) is 0 Å². The Morgan fingerprint density at radius 3 is 2.36 bits per heavy atom. The molecular weight excluding hydrogens is 140 g/mol. The van der Waals surface area contributed by atoms with Crippen molar-refractivity contribution in [1.29, 1.82) is 0 Å². The second-order valence-corrected chi connectivity index (χ2v) is 3.36. The lowest BCUT2D eigenvalue weighted by Gasteiger charge is -2.10. The number of rotatable bonds is 5. The molecule has 0 radical (unpaired) electrons. The highest BCUT2D eigenvalue weighted by Gasteiger charge is 2.14. The Hall–Kier alpha value is -0.370. The molecule has 11 heavy (non-hydrogen) atoms. The molecule has 0 heterocycles. The minimum atomic E-state index is -0.727. The fourth-order valence-electron chi connectivity index (χ4n) is 0.991. The molecule has 1 unspecified atom stereocenters. The van der Waals surface area contributed by atoms with Crippen LogP contribution >= 0.6 is 0 Å². The predicted octanol–water partition coefficient (Wildman–Crippen LogP) is 1.76. The Bertz CT molecular complexity index is 119.